The Morgan fingerprint density at radius 2 is 1.81 bits per heavy atom. The fourth-order valence-corrected chi connectivity index (χ4v) is 2.06. The number of amides is 1. The van der Waals surface area contributed by atoms with Crippen LogP contribution in [0.3, 0.4) is 0 Å². The summed E-state index contributed by atoms with van der Waals surface area (Å²) in [6.45, 7) is 1.60. The Morgan fingerprint density at radius 3 is 2.48 bits per heavy atom. The third-order valence-corrected chi connectivity index (χ3v) is 3.06. The van der Waals surface area contributed by atoms with E-state index in [4.69, 9.17) is 0 Å². The molecular formula is C16H14F3NO. The molecule has 1 amide bonds. The van der Waals surface area contributed by atoms with Crippen LogP contribution in [0, 0.1) is 17.5 Å². The zero-order chi connectivity index (χ0) is 15.4. The van der Waals surface area contributed by atoms with Gasteiger partial charge in [-0.25, -0.2) is 13.2 Å². The van der Waals surface area contributed by atoms with E-state index in [1.165, 1.54) is 24.3 Å². The van der Waals surface area contributed by atoms with Gasteiger partial charge in [-0.3, -0.25) is 4.79 Å². The highest BCUT2D eigenvalue weighted by Gasteiger charge is 2.14. The average molecular weight is 293 g/mol. The second kappa shape index (κ2) is 6.43. The van der Waals surface area contributed by atoms with E-state index < -0.39 is 23.5 Å². The lowest BCUT2D eigenvalue weighted by Crippen LogP contribution is -2.28. The molecule has 2 nitrogen and oxygen atoms in total. The van der Waals surface area contributed by atoms with E-state index in [9.17, 15) is 18.0 Å². The molecule has 2 aromatic carbocycles. The Kier molecular flexibility index (Phi) is 4.62. The summed E-state index contributed by atoms with van der Waals surface area (Å²) in [5, 5.41) is 2.60. The van der Waals surface area contributed by atoms with Gasteiger partial charge in [-0.2, -0.15) is 0 Å². The summed E-state index contributed by atoms with van der Waals surface area (Å²) in [4.78, 5) is 11.9. The topological polar surface area (TPSA) is 29.1 Å². The molecule has 2 aromatic rings. The van der Waals surface area contributed by atoms with Crippen LogP contribution in [0.15, 0.2) is 42.5 Å². The molecule has 0 radical (unpaired) electrons. The second-order valence-corrected chi connectivity index (χ2v) is 4.76. The summed E-state index contributed by atoms with van der Waals surface area (Å²) in [6, 6.07) is 8.29. The standard InChI is InChI=1S/C16H14F3NO/c1-10(14-6-5-13(18)9-15(14)19)20-16(21)8-11-3-2-4-12(17)7-11/h2-7,9-10H,8H2,1H3,(H,20,21)/t10-/m1/s1. The minimum absolute atomic E-state index is 0.00901. The minimum Gasteiger partial charge on any atom is -0.349 e. The van der Waals surface area contributed by atoms with Crippen molar-refractivity contribution in [3.8, 4) is 0 Å². The summed E-state index contributed by atoms with van der Waals surface area (Å²) in [7, 11) is 0. The van der Waals surface area contributed by atoms with Gasteiger partial charge in [0.25, 0.3) is 0 Å². The lowest BCUT2D eigenvalue weighted by Gasteiger charge is -2.15. The number of nitrogens with one attached hydrogen (secondary N) is 1. The molecule has 1 atom stereocenters. The highest BCUT2D eigenvalue weighted by atomic mass is 19.1. The van der Waals surface area contributed by atoms with Crippen LogP contribution >= 0.6 is 0 Å². The van der Waals surface area contributed by atoms with Gasteiger partial charge < -0.3 is 5.32 Å². The molecule has 0 fully saturated rings. The lowest BCUT2D eigenvalue weighted by atomic mass is 10.1. The Hall–Kier alpha value is -2.30. The number of halogens is 3. The number of rotatable bonds is 4. The van der Waals surface area contributed by atoms with E-state index in [2.05, 4.69) is 5.32 Å². The van der Waals surface area contributed by atoms with Crippen LogP contribution < -0.4 is 5.32 Å². The highest BCUT2D eigenvalue weighted by molar-refractivity contribution is 5.79. The number of hydrogen-bond donors (Lipinski definition) is 1. The van der Waals surface area contributed by atoms with Crippen LogP contribution in [0.1, 0.15) is 24.1 Å². The van der Waals surface area contributed by atoms with Crippen molar-refractivity contribution in [2.45, 2.75) is 19.4 Å². The van der Waals surface area contributed by atoms with E-state index in [1.54, 1.807) is 13.0 Å². The largest absolute Gasteiger partial charge is 0.349 e. The highest BCUT2D eigenvalue weighted by Crippen LogP contribution is 2.17. The minimum atomic E-state index is -0.714. The fourth-order valence-electron chi connectivity index (χ4n) is 2.06. The number of carbonyl (C=O) groups excluding carboxylic acids is 1. The Morgan fingerprint density at radius 1 is 1.10 bits per heavy atom. The predicted octanol–water partition coefficient (Wildman–Crippen LogP) is 3.52. The first-order valence-corrected chi connectivity index (χ1v) is 6.44. The first-order chi connectivity index (χ1) is 9.95. The van der Waals surface area contributed by atoms with Gasteiger partial charge in [-0.1, -0.05) is 18.2 Å². The molecule has 0 spiro atoms. The van der Waals surface area contributed by atoms with E-state index in [1.807, 2.05) is 0 Å². The third kappa shape index (κ3) is 4.08. The summed E-state index contributed by atoms with van der Waals surface area (Å²) in [6.07, 6.45) is -0.00901. The van der Waals surface area contributed by atoms with Crippen molar-refractivity contribution in [1.29, 1.82) is 0 Å². The smallest absolute Gasteiger partial charge is 0.224 e. The molecule has 0 saturated carbocycles. The SMILES string of the molecule is C[C@@H](NC(=O)Cc1cccc(F)c1)c1ccc(F)cc1F. The number of hydrogen-bond acceptors (Lipinski definition) is 1. The van der Waals surface area contributed by atoms with Crippen LogP contribution in [-0.2, 0) is 11.2 Å². The van der Waals surface area contributed by atoms with E-state index in [0.717, 1.165) is 12.1 Å². The average Bonchev–Trinajstić information content (AvgIpc) is 2.38. The monoisotopic (exact) mass is 293 g/mol. The van der Waals surface area contributed by atoms with Crippen LogP contribution in [0.2, 0.25) is 0 Å². The molecule has 1 N–H and O–H groups in total. The quantitative estimate of drug-likeness (QED) is 0.918. The van der Waals surface area contributed by atoms with Gasteiger partial charge in [0.2, 0.25) is 5.91 Å². The van der Waals surface area contributed by atoms with Gasteiger partial charge in [-0.15, -0.1) is 0 Å². The van der Waals surface area contributed by atoms with Crippen molar-refractivity contribution >= 4 is 5.91 Å². The Labute approximate surface area is 120 Å². The molecule has 0 unspecified atom stereocenters. The van der Waals surface area contributed by atoms with Crippen LogP contribution in [0.5, 0.6) is 0 Å². The van der Waals surface area contributed by atoms with Gasteiger partial charge >= 0.3 is 0 Å². The van der Waals surface area contributed by atoms with E-state index in [-0.39, 0.29) is 17.9 Å². The Bertz CT molecular complexity index is 658. The molecule has 0 heterocycles. The van der Waals surface area contributed by atoms with Gasteiger partial charge in [0.05, 0.1) is 12.5 Å². The van der Waals surface area contributed by atoms with Gasteiger partial charge in [-0.05, 0) is 30.7 Å². The first kappa shape index (κ1) is 15.1. The molecule has 0 aliphatic rings. The van der Waals surface area contributed by atoms with Crippen molar-refractivity contribution in [2.24, 2.45) is 0 Å². The summed E-state index contributed by atoms with van der Waals surface area (Å²) in [5.41, 5.74) is 0.725. The zero-order valence-corrected chi connectivity index (χ0v) is 11.4. The predicted molar refractivity (Wildman–Crippen MR) is 73.0 cm³/mol. The van der Waals surface area contributed by atoms with Gasteiger partial charge in [0.1, 0.15) is 17.5 Å². The maximum absolute atomic E-state index is 13.6. The van der Waals surface area contributed by atoms with Crippen LogP contribution in [0.4, 0.5) is 13.2 Å². The normalized spacial score (nSPS) is 12.0. The van der Waals surface area contributed by atoms with Crippen molar-refractivity contribution in [3.05, 3.63) is 71.0 Å². The third-order valence-electron chi connectivity index (χ3n) is 3.06. The summed E-state index contributed by atoms with van der Waals surface area (Å²) < 4.78 is 39.4. The molecule has 0 bridgehead atoms. The van der Waals surface area contributed by atoms with E-state index >= 15 is 0 Å². The number of benzene rings is 2. The molecule has 0 aromatic heterocycles. The Balaban J connectivity index is 2.02. The molecular weight excluding hydrogens is 279 g/mol. The summed E-state index contributed by atoms with van der Waals surface area (Å²) in [5.74, 6) is -2.17. The lowest BCUT2D eigenvalue weighted by molar-refractivity contribution is -0.121. The maximum Gasteiger partial charge on any atom is 0.224 e. The second-order valence-electron chi connectivity index (χ2n) is 4.76. The molecule has 0 saturated heterocycles. The molecule has 0 aliphatic heterocycles. The molecule has 2 rings (SSSR count). The van der Waals surface area contributed by atoms with E-state index in [0.29, 0.717) is 5.56 Å². The van der Waals surface area contributed by atoms with Crippen molar-refractivity contribution < 1.29 is 18.0 Å². The summed E-state index contributed by atoms with van der Waals surface area (Å²) >= 11 is 0. The number of carbonyl (C=O) groups is 1. The molecule has 21 heavy (non-hydrogen) atoms. The van der Waals surface area contributed by atoms with Crippen LogP contribution in [-0.4, -0.2) is 5.91 Å². The maximum atomic E-state index is 13.6. The van der Waals surface area contributed by atoms with Gasteiger partial charge in [0, 0.05) is 11.6 Å². The molecule has 110 valence electrons. The zero-order valence-electron chi connectivity index (χ0n) is 11.4. The first-order valence-electron chi connectivity index (χ1n) is 6.44. The van der Waals surface area contributed by atoms with Gasteiger partial charge in [0.15, 0.2) is 0 Å². The molecule has 0 aliphatic carbocycles. The van der Waals surface area contributed by atoms with Crippen molar-refractivity contribution in [1.82, 2.24) is 5.32 Å². The van der Waals surface area contributed by atoms with Crippen molar-refractivity contribution in [3.63, 3.8) is 0 Å². The van der Waals surface area contributed by atoms with Crippen molar-refractivity contribution in [2.75, 3.05) is 0 Å². The molecule has 5 heteroatoms. The van der Waals surface area contributed by atoms with Crippen LogP contribution in [0.25, 0.3) is 0 Å². The fraction of sp³-hybridized carbons (Fsp3) is 0.188.